The van der Waals surface area contributed by atoms with E-state index in [0.717, 1.165) is 74.2 Å². The number of carbonyl (C=O) groups is 1. The van der Waals surface area contributed by atoms with Crippen LogP contribution in [0.3, 0.4) is 0 Å². The Labute approximate surface area is 163 Å². The number of piperazine rings is 1. The zero-order valence-electron chi connectivity index (χ0n) is 15.6. The smallest absolute Gasteiger partial charge is 0.251 e. The van der Waals surface area contributed by atoms with Gasteiger partial charge < -0.3 is 14.4 Å². The van der Waals surface area contributed by atoms with Gasteiger partial charge in [0.05, 0.1) is 12.8 Å². The third-order valence-corrected chi connectivity index (χ3v) is 6.10. The zero-order valence-corrected chi connectivity index (χ0v) is 16.4. The fourth-order valence-corrected chi connectivity index (χ4v) is 4.39. The number of nitrogens with zero attached hydrogens (tertiary/aromatic N) is 3. The standard InChI is InChI=1S/C20H25N3O3S/c1-25-17-6-4-15(5-7-17)19-21-16(14-27-19)13-22-8-10-23(11-9-22)20(24)18-3-2-12-26-18/h4-7,14,18H,2-3,8-13H2,1H3. The lowest BCUT2D eigenvalue weighted by molar-refractivity contribution is -0.142. The predicted octanol–water partition coefficient (Wildman–Crippen LogP) is 2.64. The SMILES string of the molecule is COc1ccc(-c2nc(CN3CCN(C(=O)C4CCCO4)CC3)cs2)cc1. The van der Waals surface area contributed by atoms with E-state index in [9.17, 15) is 4.79 Å². The van der Waals surface area contributed by atoms with Crippen molar-refractivity contribution in [3.05, 3.63) is 35.3 Å². The van der Waals surface area contributed by atoms with Gasteiger partial charge in [0, 0.05) is 50.3 Å². The van der Waals surface area contributed by atoms with Crippen molar-refractivity contribution in [1.29, 1.82) is 0 Å². The van der Waals surface area contributed by atoms with Crippen molar-refractivity contribution < 1.29 is 14.3 Å². The Kier molecular flexibility index (Phi) is 5.71. The highest BCUT2D eigenvalue weighted by atomic mass is 32.1. The van der Waals surface area contributed by atoms with E-state index < -0.39 is 0 Å². The van der Waals surface area contributed by atoms with E-state index in [4.69, 9.17) is 14.5 Å². The number of amides is 1. The summed E-state index contributed by atoms with van der Waals surface area (Å²) in [6.07, 6.45) is 1.66. The summed E-state index contributed by atoms with van der Waals surface area (Å²) in [5.41, 5.74) is 2.20. The van der Waals surface area contributed by atoms with Gasteiger partial charge in [-0.05, 0) is 37.1 Å². The maximum absolute atomic E-state index is 12.4. The van der Waals surface area contributed by atoms with Gasteiger partial charge in [-0.3, -0.25) is 9.69 Å². The van der Waals surface area contributed by atoms with Crippen molar-refractivity contribution in [3.8, 4) is 16.3 Å². The minimum absolute atomic E-state index is 0.169. The number of aromatic nitrogens is 1. The predicted molar refractivity (Wildman–Crippen MR) is 105 cm³/mol. The van der Waals surface area contributed by atoms with Crippen molar-refractivity contribution in [1.82, 2.24) is 14.8 Å². The van der Waals surface area contributed by atoms with Crippen LogP contribution in [0, 0.1) is 0 Å². The summed E-state index contributed by atoms with van der Waals surface area (Å²) in [7, 11) is 1.67. The Bertz CT molecular complexity index is 763. The van der Waals surface area contributed by atoms with Crippen LogP contribution < -0.4 is 4.74 Å². The van der Waals surface area contributed by atoms with Crippen LogP contribution in [0.15, 0.2) is 29.6 Å². The molecule has 0 aliphatic carbocycles. The van der Waals surface area contributed by atoms with Gasteiger partial charge in [0.15, 0.2) is 0 Å². The Hall–Kier alpha value is -1.96. The van der Waals surface area contributed by atoms with Gasteiger partial charge in [-0.25, -0.2) is 4.98 Å². The molecule has 27 heavy (non-hydrogen) atoms. The largest absolute Gasteiger partial charge is 0.497 e. The van der Waals surface area contributed by atoms with Gasteiger partial charge in [-0.1, -0.05) is 0 Å². The molecule has 1 aromatic heterocycles. The number of benzene rings is 1. The Balaban J connectivity index is 1.30. The molecule has 0 spiro atoms. The average Bonchev–Trinajstić information content (AvgIpc) is 3.40. The van der Waals surface area contributed by atoms with Gasteiger partial charge in [-0.15, -0.1) is 11.3 Å². The summed E-state index contributed by atoms with van der Waals surface area (Å²) in [4.78, 5) is 21.5. The van der Waals surface area contributed by atoms with Gasteiger partial charge in [0.2, 0.25) is 0 Å². The first-order valence-corrected chi connectivity index (χ1v) is 10.3. The van der Waals surface area contributed by atoms with Crippen molar-refractivity contribution in [3.63, 3.8) is 0 Å². The highest BCUT2D eigenvalue weighted by Gasteiger charge is 2.30. The molecule has 0 N–H and O–H groups in total. The second kappa shape index (κ2) is 8.37. The molecule has 2 aliphatic rings. The number of hydrogen-bond acceptors (Lipinski definition) is 6. The van der Waals surface area contributed by atoms with Gasteiger partial charge >= 0.3 is 0 Å². The van der Waals surface area contributed by atoms with Crippen molar-refractivity contribution in [2.45, 2.75) is 25.5 Å². The number of ether oxygens (including phenoxy) is 2. The Morgan fingerprint density at radius 3 is 2.70 bits per heavy atom. The van der Waals surface area contributed by atoms with E-state index in [0.29, 0.717) is 0 Å². The van der Waals surface area contributed by atoms with E-state index >= 15 is 0 Å². The molecule has 1 aromatic carbocycles. The van der Waals surface area contributed by atoms with E-state index in [2.05, 4.69) is 10.3 Å². The lowest BCUT2D eigenvalue weighted by Gasteiger charge is -2.35. The summed E-state index contributed by atoms with van der Waals surface area (Å²) in [6.45, 7) is 4.86. The highest BCUT2D eigenvalue weighted by Crippen LogP contribution is 2.26. The molecule has 1 unspecified atom stereocenters. The molecular formula is C20H25N3O3S. The van der Waals surface area contributed by atoms with E-state index in [1.807, 2.05) is 29.2 Å². The first-order chi connectivity index (χ1) is 13.2. The van der Waals surface area contributed by atoms with Crippen LogP contribution in [-0.4, -0.2) is 66.7 Å². The molecular weight excluding hydrogens is 362 g/mol. The molecule has 0 saturated carbocycles. The maximum atomic E-state index is 12.4. The summed E-state index contributed by atoms with van der Waals surface area (Å²) in [6, 6.07) is 8.00. The summed E-state index contributed by atoms with van der Waals surface area (Å²) < 4.78 is 10.7. The van der Waals surface area contributed by atoms with Gasteiger partial charge in [0.1, 0.15) is 16.9 Å². The average molecular weight is 388 g/mol. The quantitative estimate of drug-likeness (QED) is 0.789. The third kappa shape index (κ3) is 4.31. The number of thiazole rings is 1. The highest BCUT2D eigenvalue weighted by molar-refractivity contribution is 7.13. The molecule has 7 heteroatoms. The number of hydrogen-bond donors (Lipinski definition) is 0. The topological polar surface area (TPSA) is 54.9 Å². The van der Waals surface area contributed by atoms with Crippen molar-refractivity contribution in [2.75, 3.05) is 39.9 Å². The van der Waals surface area contributed by atoms with Crippen LogP contribution in [-0.2, 0) is 16.1 Å². The molecule has 0 bridgehead atoms. The molecule has 1 atom stereocenters. The van der Waals surface area contributed by atoms with Crippen LogP contribution >= 0.6 is 11.3 Å². The van der Waals surface area contributed by atoms with E-state index in [1.54, 1.807) is 18.4 Å². The van der Waals surface area contributed by atoms with E-state index in [-0.39, 0.29) is 12.0 Å². The molecule has 1 amide bonds. The second-order valence-corrected chi connectivity index (χ2v) is 7.83. The lowest BCUT2D eigenvalue weighted by Crippen LogP contribution is -2.51. The summed E-state index contributed by atoms with van der Waals surface area (Å²) >= 11 is 1.67. The summed E-state index contributed by atoms with van der Waals surface area (Å²) in [5, 5.41) is 3.16. The molecule has 2 fully saturated rings. The molecule has 144 valence electrons. The van der Waals surface area contributed by atoms with Crippen LogP contribution in [0.25, 0.3) is 10.6 Å². The monoisotopic (exact) mass is 387 g/mol. The number of methoxy groups -OCH3 is 1. The Morgan fingerprint density at radius 2 is 2.04 bits per heavy atom. The first-order valence-electron chi connectivity index (χ1n) is 9.44. The van der Waals surface area contributed by atoms with Crippen LogP contribution in [0.5, 0.6) is 5.75 Å². The molecule has 2 aromatic rings. The van der Waals surface area contributed by atoms with Gasteiger partial charge in [0.25, 0.3) is 5.91 Å². The molecule has 0 radical (unpaired) electrons. The summed E-state index contributed by atoms with van der Waals surface area (Å²) in [5.74, 6) is 1.02. The Morgan fingerprint density at radius 1 is 1.26 bits per heavy atom. The van der Waals surface area contributed by atoms with Crippen LogP contribution in [0.2, 0.25) is 0 Å². The zero-order chi connectivity index (χ0) is 18.6. The molecule has 4 rings (SSSR count). The minimum atomic E-state index is -0.206. The fourth-order valence-electron chi connectivity index (χ4n) is 3.58. The number of rotatable bonds is 5. The molecule has 2 saturated heterocycles. The maximum Gasteiger partial charge on any atom is 0.251 e. The van der Waals surface area contributed by atoms with Crippen LogP contribution in [0.1, 0.15) is 18.5 Å². The molecule has 6 nitrogen and oxygen atoms in total. The lowest BCUT2D eigenvalue weighted by atomic mass is 10.2. The normalized spacial score (nSPS) is 20.8. The molecule has 2 aliphatic heterocycles. The third-order valence-electron chi connectivity index (χ3n) is 5.16. The minimum Gasteiger partial charge on any atom is -0.497 e. The second-order valence-electron chi connectivity index (χ2n) is 6.98. The molecule has 3 heterocycles. The van der Waals surface area contributed by atoms with Crippen molar-refractivity contribution >= 4 is 17.2 Å². The van der Waals surface area contributed by atoms with E-state index in [1.165, 1.54) is 0 Å². The van der Waals surface area contributed by atoms with Crippen LogP contribution in [0.4, 0.5) is 0 Å². The fraction of sp³-hybridized carbons (Fsp3) is 0.500. The van der Waals surface area contributed by atoms with Crippen molar-refractivity contribution in [2.24, 2.45) is 0 Å². The number of carbonyl (C=O) groups excluding carboxylic acids is 1. The van der Waals surface area contributed by atoms with Gasteiger partial charge in [-0.2, -0.15) is 0 Å². The first kappa shape index (κ1) is 18.4.